The van der Waals surface area contributed by atoms with Crippen LogP contribution in [0.15, 0.2) is 49.1 Å². The maximum atomic E-state index is 13.6. The first-order valence-electron chi connectivity index (χ1n) is 6.66. The van der Waals surface area contributed by atoms with Gasteiger partial charge in [0.2, 0.25) is 0 Å². The zero-order valence-electron chi connectivity index (χ0n) is 12.0. The SMILES string of the molecule is C=CCOC(=O)c1cc(Cl)c(OCc2ccccc2F)c(Cl)c1. The highest BCUT2D eigenvalue weighted by Crippen LogP contribution is 2.35. The highest BCUT2D eigenvalue weighted by molar-refractivity contribution is 6.37. The van der Waals surface area contributed by atoms with Crippen LogP contribution in [0.1, 0.15) is 15.9 Å². The van der Waals surface area contributed by atoms with Crippen molar-refractivity contribution in [2.45, 2.75) is 6.61 Å². The Hall–Kier alpha value is -2.04. The first kappa shape index (κ1) is 17.3. The van der Waals surface area contributed by atoms with Crippen LogP contribution in [-0.4, -0.2) is 12.6 Å². The van der Waals surface area contributed by atoms with Gasteiger partial charge >= 0.3 is 5.97 Å². The molecule has 0 bridgehead atoms. The fraction of sp³-hybridized carbons (Fsp3) is 0.118. The monoisotopic (exact) mass is 354 g/mol. The number of benzene rings is 2. The lowest BCUT2D eigenvalue weighted by Gasteiger charge is -2.12. The Morgan fingerprint density at radius 1 is 1.22 bits per heavy atom. The molecule has 0 fully saturated rings. The number of esters is 1. The number of ether oxygens (including phenoxy) is 2. The lowest BCUT2D eigenvalue weighted by molar-refractivity contribution is 0.0549. The number of rotatable bonds is 6. The summed E-state index contributed by atoms with van der Waals surface area (Å²) in [7, 11) is 0. The molecule has 2 aromatic rings. The third-order valence-electron chi connectivity index (χ3n) is 2.90. The van der Waals surface area contributed by atoms with Crippen molar-refractivity contribution in [3.63, 3.8) is 0 Å². The summed E-state index contributed by atoms with van der Waals surface area (Å²) in [6.45, 7) is 3.50. The number of hydrogen-bond donors (Lipinski definition) is 0. The van der Waals surface area contributed by atoms with E-state index in [4.69, 9.17) is 32.7 Å². The molecule has 0 unspecified atom stereocenters. The largest absolute Gasteiger partial charge is 0.486 e. The molecule has 0 aliphatic carbocycles. The topological polar surface area (TPSA) is 35.5 Å². The molecule has 0 saturated heterocycles. The summed E-state index contributed by atoms with van der Waals surface area (Å²) in [6.07, 6.45) is 1.45. The van der Waals surface area contributed by atoms with Gasteiger partial charge in [0.1, 0.15) is 19.0 Å². The molecule has 0 aliphatic heterocycles. The minimum Gasteiger partial charge on any atom is -0.486 e. The van der Waals surface area contributed by atoms with Gasteiger partial charge < -0.3 is 9.47 Å². The van der Waals surface area contributed by atoms with Crippen LogP contribution in [-0.2, 0) is 11.3 Å². The van der Waals surface area contributed by atoms with E-state index in [9.17, 15) is 9.18 Å². The van der Waals surface area contributed by atoms with Crippen LogP contribution in [0.25, 0.3) is 0 Å². The summed E-state index contributed by atoms with van der Waals surface area (Å²) in [5, 5.41) is 0.277. The zero-order valence-corrected chi connectivity index (χ0v) is 13.5. The number of carbonyl (C=O) groups excluding carboxylic acids is 1. The summed E-state index contributed by atoms with van der Waals surface area (Å²) >= 11 is 12.2. The lowest BCUT2D eigenvalue weighted by atomic mass is 10.2. The zero-order chi connectivity index (χ0) is 16.8. The van der Waals surface area contributed by atoms with Gasteiger partial charge in [-0.05, 0) is 18.2 Å². The second-order valence-corrected chi connectivity index (χ2v) is 5.35. The molecule has 0 radical (unpaired) electrons. The van der Waals surface area contributed by atoms with E-state index in [0.717, 1.165) is 0 Å². The molecular weight excluding hydrogens is 342 g/mol. The molecule has 0 saturated carbocycles. The van der Waals surface area contributed by atoms with E-state index < -0.39 is 5.97 Å². The van der Waals surface area contributed by atoms with Gasteiger partial charge in [-0.15, -0.1) is 0 Å². The van der Waals surface area contributed by atoms with Crippen LogP contribution in [0.3, 0.4) is 0 Å². The van der Waals surface area contributed by atoms with Crippen LogP contribution in [0.2, 0.25) is 10.0 Å². The summed E-state index contributed by atoms with van der Waals surface area (Å²) in [5.74, 6) is -0.782. The predicted octanol–water partition coefficient (Wildman–Crippen LogP) is 5.05. The Morgan fingerprint density at radius 2 is 1.87 bits per heavy atom. The van der Waals surface area contributed by atoms with Gasteiger partial charge in [0.25, 0.3) is 0 Å². The molecular formula is C17H13Cl2FO3. The molecule has 0 aromatic heterocycles. The van der Waals surface area contributed by atoms with Crippen molar-refractivity contribution in [3.05, 3.63) is 76.0 Å². The maximum absolute atomic E-state index is 13.6. The van der Waals surface area contributed by atoms with Gasteiger partial charge in [0.05, 0.1) is 15.6 Å². The Kier molecular flexibility index (Phi) is 6.02. The second-order valence-electron chi connectivity index (χ2n) is 4.54. The molecule has 0 spiro atoms. The number of hydrogen-bond acceptors (Lipinski definition) is 3. The molecule has 2 aromatic carbocycles. The Labute approximate surface area is 143 Å². The predicted molar refractivity (Wildman–Crippen MR) is 87.7 cm³/mol. The Bertz CT molecular complexity index is 709. The van der Waals surface area contributed by atoms with Gasteiger partial charge in [-0.3, -0.25) is 0 Å². The van der Waals surface area contributed by atoms with Crippen LogP contribution < -0.4 is 4.74 Å². The molecule has 6 heteroatoms. The van der Waals surface area contributed by atoms with Crippen molar-refractivity contribution in [2.75, 3.05) is 6.61 Å². The van der Waals surface area contributed by atoms with Crippen LogP contribution in [0.5, 0.6) is 5.75 Å². The minimum atomic E-state index is -0.575. The van der Waals surface area contributed by atoms with E-state index >= 15 is 0 Å². The van der Waals surface area contributed by atoms with E-state index in [2.05, 4.69) is 6.58 Å². The molecule has 23 heavy (non-hydrogen) atoms. The molecule has 0 heterocycles. The Morgan fingerprint density at radius 3 is 2.48 bits per heavy atom. The quantitative estimate of drug-likeness (QED) is 0.537. The first-order chi connectivity index (χ1) is 11.0. The van der Waals surface area contributed by atoms with Crippen LogP contribution >= 0.6 is 23.2 Å². The summed E-state index contributed by atoms with van der Waals surface area (Å²) in [5.41, 5.74) is 0.564. The molecule has 3 nitrogen and oxygen atoms in total. The average Bonchev–Trinajstić information content (AvgIpc) is 2.53. The van der Waals surface area contributed by atoms with E-state index in [1.165, 1.54) is 24.3 Å². The summed E-state index contributed by atoms with van der Waals surface area (Å²) < 4.78 is 24.0. The standard InChI is InChI=1S/C17H13Cl2FO3/c1-2-7-22-17(21)12-8-13(18)16(14(19)9-12)23-10-11-5-3-4-6-15(11)20/h2-6,8-9H,1,7,10H2. The molecule has 120 valence electrons. The highest BCUT2D eigenvalue weighted by atomic mass is 35.5. The number of halogens is 3. The van der Waals surface area contributed by atoms with E-state index in [0.29, 0.717) is 5.56 Å². The van der Waals surface area contributed by atoms with Crippen molar-refractivity contribution >= 4 is 29.2 Å². The fourth-order valence-electron chi connectivity index (χ4n) is 1.80. The van der Waals surface area contributed by atoms with Crippen molar-refractivity contribution in [1.82, 2.24) is 0 Å². The third kappa shape index (κ3) is 4.47. The number of carbonyl (C=O) groups is 1. The lowest BCUT2D eigenvalue weighted by Crippen LogP contribution is -2.06. The molecule has 0 atom stereocenters. The van der Waals surface area contributed by atoms with Gasteiger partial charge in [0, 0.05) is 5.56 Å². The van der Waals surface area contributed by atoms with Crippen molar-refractivity contribution in [1.29, 1.82) is 0 Å². The highest BCUT2D eigenvalue weighted by Gasteiger charge is 2.15. The normalized spacial score (nSPS) is 10.2. The van der Waals surface area contributed by atoms with Crippen molar-refractivity contribution in [2.24, 2.45) is 0 Å². The summed E-state index contributed by atoms with van der Waals surface area (Å²) in [4.78, 5) is 11.8. The van der Waals surface area contributed by atoms with Crippen molar-refractivity contribution < 1.29 is 18.7 Å². The van der Waals surface area contributed by atoms with Gasteiger partial charge in [-0.2, -0.15) is 0 Å². The van der Waals surface area contributed by atoms with Gasteiger partial charge in [-0.25, -0.2) is 9.18 Å². The second kappa shape index (κ2) is 7.99. The average molecular weight is 355 g/mol. The first-order valence-corrected chi connectivity index (χ1v) is 7.41. The van der Waals surface area contributed by atoms with E-state index in [1.807, 2.05) is 0 Å². The fourth-order valence-corrected chi connectivity index (χ4v) is 2.40. The van der Waals surface area contributed by atoms with Crippen LogP contribution in [0, 0.1) is 5.82 Å². The molecule has 0 aliphatic rings. The van der Waals surface area contributed by atoms with E-state index in [1.54, 1.807) is 18.2 Å². The molecule has 0 amide bonds. The molecule has 0 N–H and O–H groups in total. The minimum absolute atomic E-state index is 0.0353. The van der Waals surface area contributed by atoms with E-state index in [-0.39, 0.29) is 40.4 Å². The summed E-state index contributed by atoms with van der Waals surface area (Å²) in [6, 6.07) is 8.98. The van der Waals surface area contributed by atoms with Gasteiger partial charge in [-0.1, -0.05) is 54.1 Å². The smallest absolute Gasteiger partial charge is 0.338 e. The van der Waals surface area contributed by atoms with Gasteiger partial charge in [0.15, 0.2) is 5.75 Å². The van der Waals surface area contributed by atoms with Crippen LogP contribution in [0.4, 0.5) is 4.39 Å². The van der Waals surface area contributed by atoms with Crippen molar-refractivity contribution in [3.8, 4) is 5.75 Å². The molecule has 2 rings (SSSR count). The Balaban J connectivity index is 2.16. The maximum Gasteiger partial charge on any atom is 0.338 e. The third-order valence-corrected chi connectivity index (χ3v) is 3.46.